The second-order valence-electron chi connectivity index (χ2n) is 7.36. The zero-order valence-corrected chi connectivity index (χ0v) is 17.3. The van der Waals surface area contributed by atoms with Crippen LogP contribution in [0.15, 0.2) is 54.6 Å². The van der Waals surface area contributed by atoms with Crippen LogP contribution in [0.2, 0.25) is 0 Å². The number of benzene rings is 2. The number of likely N-dealkylation sites (tertiary alicyclic amines) is 1. The van der Waals surface area contributed by atoms with Crippen molar-refractivity contribution in [2.24, 2.45) is 5.92 Å². The smallest absolute Gasteiger partial charge is 0.309 e. The van der Waals surface area contributed by atoms with Gasteiger partial charge in [0.15, 0.2) is 6.61 Å². The Bertz CT molecular complexity index is 953. The fourth-order valence-corrected chi connectivity index (χ4v) is 3.38. The normalized spacial score (nSPS) is 13.9. The van der Waals surface area contributed by atoms with Crippen molar-refractivity contribution in [3.8, 4) is 0 Å². The summed E-state index contributed by atoms with van der Waals surface area (Å²) in [7, 11) is 0. The third-order valence-corrected chi connectivity index (χ3v) is 5.19. The Morgan fingerprint density at radius 2 is 1.58 bits per heavy atom. The summed E-state index contributed by atoms with van der Waals surface area (Å²) in [6, 6.07) is 15.8. The van der Waals surface area contributed by atoms with Gasteiger partial charge >= 0.3 is 5.97 Å². The van der Waals surface area contributed by atoms with Crippen LogP contribution in [0.5, 0.6) is 0 Å². The number of piperidine rings is 1. The molecule has 0 bridgehead atoms. The number of nitrogens with one attached hydrogen (secondary N) is 2. The standard InChI is InChI=1S/C23H25N3O5/c1-16-7-5-6-10-19(16)22(29)26-13-11-18(12-14-26)23(30)31-15-20(27)24-25-21(28)17-8-3-2-4-9-17/h2-10,18H,11-15H2,1H3,(H,24,27)(H,25,28). The molecular formula is C23H25N3O5. The third kappa shape index (κ3) is 5.91. The lowest BCUT2D eigenvalue weighted by atomic mass is 9.96. The molecule has 1 aliphatic rings. The van der Waals surface area contributed by atoms with Crippen molar-refractivity contribution in [2.45, 2.75) is 19.8 Å². The van der Waals surface area contributed by atoms with Crippen LogP contribution >= 0.6 is 0 Å². The number of rotatable bonds is 5. The Hall–Kier alpha value is -3.68. The quantitative estimate of drug-likeness (QED) is 0.564. The molecule has 3 amide bonds. The number of hydrogen-bond donors (Lipinski definition) is 2. The predicted octanol–water partition coefficient (Wildman–Crippen LogP) is 1.85. The van der Waals surface area contributed by atoms with E-state index in [0.29, 0.717) is 37.1 Å². The number of carbonyl (C=O) groups excluding carboxylic acids is 4. The first kappa shape index (κ1) is 22.0. The van der Waals surface area contributed by atoms with E-state index in [4.69, 9.17) is 4.74 Å². The predicted molar refractivity (Wildman–Crippen MR) is 113 cm³/mol. The average molecular weight is 423 g/mol. The Morgan fingerprint density at radius 1 is 0.935 bits per heavy atom. The van der Waals surface area contributed by atoms with Crippen molar-refractivity contribution < 1.29 is 23.9 Å². The van der Waals surface area contributed by atoms with Crippen LogP contribution in [0.1, 0.15) is 39.1 Å². The van der Waals surface area contributed by atoms with E-state index in [2.05, 4.69) is 10.9 Å². The number of aryl methyl sites for hydroxylation is 1. The lowest BCUT2D eigenvalue weighted by Gasteiger charge is -2.31. The zero-order chi connectivity index (χ0) is 22.2. The molecule has 1 heterocycles. The summed E-state index contributed by atoms with van der Waals surface area (Å²) in [5.74, 6) is -1.99. The molecule has 1 aliphatic heterocycles. The monoisotopic (exact) mass is 423 g/mol. The summed E-state index contributed by atoms with van der Waals surface area (Å²) >= 11 is 0. The number of ether oxygens (including phenoxy) is 1. The van der Waals surface area contributed by atoms with Gasteiger partial charge < -0.3 is 9.64 Å². The van der Waals surface area contributed by atoms with E-state index in [1.165, 1.54) is 0 Å². The molecule has 2 N–H and O–H groups in total. The average Bonchev–Trinajstić information content (AvgIpc) is 2.81. The maximum Gasteiger partial charge on any atom is 0.309 e. The first-order chi connectivity index (χ1) is 15.0. The van der Waals surface area contributed by atoms with Gasteiger partial charge in [-0.15, -0.1) is 0 Å². The maximum absolute atomic E-state index is 12.7. The van der Waals surface area contributed by atoms with Gasteiger partial charge in [0, 0.05) is 24.2 Å². The molecular weight excluding hydrogens is 398 g/mol. The number of carbonyl (C=O) groups is 4. The fourth-order valence-electron chi connectivity index (χ4n) is 3.38. The van der Waals surface area contributed by atoms with Crippen LogP contribution in [0, 0.1) is 12.8 Å². The second kappa shape index (κ2) is 10.4. The summed E-state index contributed by atoms with van der Waals surface area (Å²) in [5.41, 5.74) is 6.46. The molecule has 1 saturated heterocycles. The van der Waals surface area contributed by atoms with Gasteiger partial charge in [-0.1, -0.05) is 36.4 Å². The molecule has 0 aromatic heterocycles. The largest absolute Gasteiger partial charge is 0.455 e. The molecule has 1 fully saturated rings. The van der Waals surface area contributed by atoms with E-state index < -0.39 is 24.4 Å². The molecule has 2 aromatic carbocycles. The van der Waals surface area contributed by atoms with Gasteiger partial charge in [0.2, 0.25) is 0 Å². The van der Waals surface area contributed by atoms with E-state index in [0.717, 1.165) is 5.56 Å². The maximum atomic E-state index is 12.7. The minimum atomic E-state index is -0.634. The van der Waals surface area contributed by atoms with E-state index in [9.17, 15) is 19.2 Å². The van der Waals surface area contributed by atoms with Crippen LogP contribution in [0.4, 0.5) is 0 Å². The number of amides is 3. The van der Waals surface area contributed by atoms with Gasteiger partial charge in [0.25, 0.3) is 17.7 Å². The van der Waals surface area contributed by atoms with Crippen molar-refractivity contribution in [1.29, 1.82) is 0 Å². The lowest BCUT2D eigenvalue weighted by molar-refractivity contribution is -0.154. The summed E-state index contributed by atoms with van der Waals surface area (Å²) in [6.45, 7) is 2.31. The Labute approximate surface area is 180 Å². The Morgan fingerprint density at radius 3 is 2.26 bits per heavy atom. The summed E-state index contributed by atoms with van der Waals surface area (Å²) < 4.78 is 5.08. The minimum Gasteiger partial charge on any atom is -0.455 e. The van der Waals surface area contributed by atoms with Crippen LogP contribution in [-0.2, 0) is 14.3 Å². The van der Waals surface area contributed by atoms with E-state index >= 15 is 0 Å². The van der Waals surface area contributed by atoms with Gasteiger partial charge in [-0.3, -0.25) is 30.0 Å². The fraction of sp³-hybridized carbons (Fsp3) is 0.304. The molecule has 8 heteroatoms. The van der Waals surface area contributed by atoms with E-state index in [-0.39, 0.29) is 11.8 Å². The molecule has 2 aromatic rings. The first-order valence-corrected chi connectivity index (χ1v) is 10.1. The molecule has 0 radical (unpaired) electrons. The van der Waals surface area contributed by atoms with Crippen molar-refractivity contribution in [3.63, 3.8) is 0 Å². The van der Waals surface area contributed by atoms with Crippen LogP contribution < -0.4 is 10.9 Å². The molecule has 0 unspecified atom stereocenters. The topological polar surface area (TPSA) is 105 Å². The molecule has 8 nitrogen and oxygen atoms in total. The van der Waals surface area contributed by atoms with E-state index in [1.807, 2.05) is 25.1 Å². The number of esters is 1. The van der Waals surface area contributed by atoms with Gasteiger partial charge in [-0.2, -0.15) is 0 Å². The molecule has 0 saturated carbocycles. The third-order valence-electron chi connectivity index (χ3n) is 5.19. The van der Waals surface area contributed by atoms with Crippen molar-refractivity contribution in [3.05, 3.63) is 71.3 Å². The molecule has 3 rings (SSSR count). The van der Waals surface area contributed by atoms with Crippen LogP contribution in [0.25, 0.3) is 0 Å². The van der Waals surface area contributed by atoms with Crippen molar-refractivity contribution >= 4 is 23.7 Å². The highest BCUT2D eigenvalue weighted by Gasteiger charge is 2.29. The van der Waals surface area contributed by atoms with Crippen molar-refractivity contribution in [2.75, 3.05) is 19.7 Å². The Balaban J connectivity index is 1.39. The molecule has 0 aliphatic carbocycles. The van der Waals surface area contributed by atoms with Gasteiger partial charge in [-0.05, 0) is 43.5 Å². The highest BCUT2D eigenvalue weighted by atomic mass is 16.5. The lowest BCUT2D eigenvalue weighted by Crippen LogP contribution is -2.44. The minimum absolute atomic E-state index is 0.0431. The number of nitrogens with zero attached hydrogens (tertiary/aromatic N) is 1. The number of hydrazine groups is 1. The first-order valence-electron chi connectivity index (χ1n) is 10.1. The molecule has 162 valence electrons. The van der Waals surface area contributed by atoms with Crippen molar-refractivity contribution in [1.82, 2.24) is 15.8 Å². The highest BCUT2D eigenvalue weighted by molar-refractivity contribution is 5.96. The molecule has 0 spiro atoms. The zero-order valence-electron chi connectivity index (χ0n) is 17.3. The Kier molecular flexibility index (Phi) is 7.37. The van der Waals surface area contributed by atoms with Crippen LogP contribution in [-0.4, -0.2) is 48.3 Å². The van der Waals surface area contributed by atoms with Gasteiger partial charge in [-0.25, -0.2) is 0 Å². The number of hydrogen-bond acceptors (Lipinski definition) is 5. The summed E-state index contributed by atoms with van der Waals surface area (Å²) in [5, 5.41) is 0. The second-order valence-corrected chi connectivity index (χ2v) is 7.36. The van der Waals surface area contributed by atoms with Gasteiger partial charge in [0.1, 0.15) is 0 Å². The summed E-state index contributed by atoms with van der Waals surface area (Å²) in [6.07, 6.45) is 0.950. The highest BCUT2D eigenvalue weighted by Crippen LogP contribution is 2.21. The van der Waals surface area contributed by atoms with Gasteiger partial charge in [0.05, 0.1) is 5.92 Å². The summed E-state index contributed by atoms with van der Waals surface area (Å²) in [4.78, 5) is 50.4. The van der Waals surface area contributed by atoms with E-state index in [1.54, 1.807) is 41.3 Å². The molecule has 31 heavy (non-hydrogen) atoms. The van der Waals surface area contributed by atoms with Crippen LogP contribution in [0.3, 0.4) is 0 Å². The molecule has 0 atom stereocenters. The SMILES string of the molecule is Cc1ccccc1C(=O)N1CCC(C(=O)OCC(=O)NNC(=O)c2ccccc2)CC1.